The lowest BCUT2D eigenvalue weighted by atomic mass is 10.1. The summed E-state index contributed by atoms with van der Waals surface area (Å²) in [5, 5.41) is 4.01. The van der Waals surface area contributed by atoms with Crippen LogP contribution in [0.5, 0.6) is 0 Å². The molecule has 0 unspecified atom stereocenters. The summed E-state index contributed by atoms with van der Waals surface area (Å²) < 4.78 is 0. The van der Waals surface area contributed by atoms with E-state index in [1.807, 2.05) is 13.1 Å². The first-order valence-corrected chi connectivity index (χ1v) is 6.67. The molecule has 0 fully saturated rings. The number of nitrogens with zero attached hydrogens (tertiary/aromatic N) is 1. The Hall–Kier alpha value is -0.730. The van der Waals surface area contributed by atoms with E-state index in [0.29, 0.717) is 6.04 Å². The van der Waals surface area contributed by atoms with E-state index in [1.165, 1.54) is 11.3 Å². The molecule has 1 aromatic carbocycles. The number of hydrogen-bond acceptors (Lipinski definition) is 2. The summed E-state index contributed by atoms with van der Waals surface area (Å²) in [5.74, 6) is 0. The lowest BCUT2D eigenvalue weighted by Crippen LogP contribution is -2.31. The van der Waals surface area contributed by atoms with Gasteiger partial charge in [0.05, 0.1) is 0 Å². The Kier molecular flexibility index (Phi) is 5.79. The number of halogens is 1. The standard InChI is InChI=1S/C14H23ClN2/c1-5-13(6-2)17(4)14-9-12(15)8-7-11(14)10-16-3/h7-9,13,16H,5-6,10H2,1-4H3. The molecule has 1 rings (SSSR count). The fourth-order valence-electron chi connectivity index (χ4n) is 2.24. The minimum Gasteiger partial charge on any atom is -0.371 e. The molecule has 0 aliphatic carbocycles. The van der Waals surface area contributed by atoms with Crippen molar-refractivity contribution in [3.8, 4) is 0 Å². The van der Waals surface area contributed by atoms with Crippen LogP contribution >= 0.6 is 11.6 Å². The van der Waals surface area contributed by atoms with Gasteiger partial charge in [-0.05, 0) is 37.6 Å². The highest BCUT2D eigenvalue weighted by molar-refractivity contribution is 6.30. The number of anilines is 1. The smallest absolute Gasteiger partial charge is 0.0426 e. The van der Waals surface area contributed by atoms with Crippen molar-refractivity contribution in [1.29, 1.82) is 0 Å². The molecule has 0 bridgehead atoms. The van der Waals surface area contributed by atoms with Crippen LogP contribution in [0, 0.1) is 0 Å². The summed E-state index contributed by atoms with van der Waals surface area (Å²) in [6.45, 7) is 5.33. The van der Waals surface area contributed by atoms with E-state index in [-0.39, 0.29) is 0 Å². The average Bonchev–Trinajstić information content (AvgIpc) is 2.33. The summed E-state index contributed by atoms with van der Waals surface area (Å²) in [5.41, 5.74) is 2.53. The van der Waals surface area contributed by atoms with Gasteiger partial charge in [-0.2, -0.15) is 0 Å². The largest absolute Gasteiger partial charge is 0.371 e. The zero-order valence-corrected chi connectivity index (χ0v) is 12.0. The van der Waals surface area contributed by atoms with E-state index in [1.54, 1.807) is 0 Å². The molecule has 96 valence electrons. The van der Waals surface area contributed by atoms with Crippen LogP contribution in [0.15, 0.2) is 18.2 Å². The van der Waals surface area contributed by atoms with Crippen LogP contribution in [0.25, 0.3) is 0 Å². The lowest BCUT2D eigenvalue weighted by Gasteiger charge is -2.30. The van der Waals surface area contributed by atoms with Crippen molar-refractivity contribution in [3.05, 3.63) is 28.8 Å². The molecule has 17 heavy (non-hydrogen) atoms. The van der Waals surface area contributed by atoms with Gasteiger partial charge in [-0.3, -0.25) is 0 Å². The molecule has 1 N–H and O–H groups in total. The monoisotopic (exact) mass is 254 g/mol. The molecule has 0 spiro atoms. The van der Waals surface area contributed by atoms with E-state index in [2.05, 4.69) is 43.2 Å². The Morgan fingerprint density at radius 3 is 2.47 bits per heavy atom. The van der Waals surface area contributed by atoms with Gasteiger partial charge in [0.25, 0.3) is 0 Å². The molecule has 1 aromatic rings. The van der Waals surface area contributed by atoms with Crippen LogP contribution in [0.1, 0.15) is 32.3 Å². The molecule has 0 saturated carbocycles. The summed E-state index contributed by atoms with van der Waals surface area (Å²) in [7, 11) is 4.12. The molecule has 3 heteroatoms. The van der Waals surface area contributed by atoms with Gasteiger partial charge >= 0.3 is 0 Å². The van der Waals surface area contributed by atoms with Gasteiger partial charge < -0.3 is 10.2 Å². The molecule has 0 radical (unpaired) electrons. The third-order valence-corrected chi connectivity index (χ3v) is 3.52. The van der Waals surface area contributed by atoms with Crippen LogP contribution in [-0.2, 0) is 6.54 Å². The maximum absolute atomic E-state index is 6.11. The van der Waals surface area contributed by atoms with Crippen molar-refractivity contribution >= 4 is 17.3 Å². The second-order valence-corrected chi connectivity index (χ2v) is 4.82. The average molecular weight is 255 g/mol. The van der Waals surface area contributed by atoms with Gasteiger partial charge in [-0.15, -0.1) is 0 Å². The van der Waals surface area contributed by atoms with Gasteiger partial charge in [0.15, 0.2) is 0 Å². The van der Waals surface area contributed by atoms with E-state index in [4.69, 9.17) is 11.6 Å². The van der Waals surface area contributed by atoms with Crippen molar-refractivity contribution in [2.45, 2.75) is 39.3 Å². The first-order valence-electron chi connectivity index (χ1n) is 6.29. The third kappa shape index (κ3) is 3.62. The van der Waals surface area contributed by atoms with Crippen LogP contribution in [0.3, 0.4) is 0 Å². The Bertz CT molecular complexity index is 348. The quantitative estimate of drug-likeness (QED) is 0.833. The Morgan fingerprint density at radius 2 is 1.94 bits per heavy atom. The Labute approximate surface area is 110 Å². The molecular weight excluding hydrogens is 232 g/mol. The molecule has 0 aromatic heterocycles. The molecular formula is C14H23ClN2. The van der Waals surface area contributed by atoms with Gasteiger partial charge in [0.2, 0.25) is 0 Å². The maximum Gasteiger partial charge on any atom is 0.0426 e. The highest BCUT2D eigenvalue weighted by Gasteiger charge is 2.14. The van der Waals surface area contributed by atoms with Crippen molar-refractivity contribution in [1.82, 2.24) is 5.32 Å². The van der Waals surface area contributed by atoms with Crippen molar-refractivity contribution in [2.24, 2.45) is 0 Å². The predicted molar refractivity (Wildman–Crippen MR) is 77.0 cm³/mol. The zero-order chi connectivity index (χ0) is 12.8. The summed E-state index contributed by atoms with van der Waals surface area (Å²) in [6.07, 6.45) is 2.30. The fraction of sp³-hybridized carbons (Fsp3) is 0.571. The number of nitrogens with one attached hydrogen (secondary N) is 1. The minimum atomic E-state index is 0.573. The maximum atomic E-state index is 6.11. The number of hydrogen-bond donors (Lipinski definition) is 1. The second-order valence-electron chi connectivity index (χ2n) is 4.38. The van der Waals surface area contributed by atoms with Crippen molar-refractivity contribution < 1.29 is 0 Å². The fourth-order valence-corrected chi connectivity index (χ4v) is 2.40. The van der Waals surface area contributed by atoms with Gasteiger partial charge in [0, 0.05) is 30.3 Å². The predicted octanol–water partition coefficient (Wildman–Crippen LogP) is 3.68. The Balaban J connectivity index is 3.04. The topological polar surface area (TPSA) is 15.3 Å². The van der Waals surface area contributed by atoms with E-state index in [0.717, 1.165) is 24.4 Å². The summed E-state index contributed by atoms with van der Waals surface area (Å²) in [4.78, 5) is 2.35. The van der Waals surface area contributed by atoms with Crippen molar-refractivity contribution in [3.63, 3.8) is 0 Å². The Morgan fingerprint density at radius 1 is 1.29 bits per heavy atom. The van der Waals surface area contributed by atoms with Crippen LogP contribution < -0.4 is 10.2 Å². The van der Waals surface area contributed by atoms with Gasteiger partial charge in [0.1, 0.15) is 0 Å². The highest BCUT2D eigenvalue weighted by Crippen LogP contribution is 2.27. The van der Waals surface area contributed by atoms with E-state index < -0.39 is 0 Å². The molecule has 0 aliphatic rings. The highest BCUT2D eigenvalue weighted by atomic mass is 35.5. The first-order chi connectivity index (χ1) is 8.13. The molecule has 0 aliphatic heterocycles. The second kappa shape index (κ2) is 6.87. The normalized spacial score (nSPS) is 10.9. The molecule has 0 amide bonds. The molecule has 0 saturated heterocycles. The van der Waals surface area contributed by atoms with Crippen LogP contribution in [-0.4, -0.2) is 20.1 Å². The minimum absolute atomic E-state index is 0.573. The van der Waals surface area contributed by atoms with E-state index >= 15 is 0 Å². The number of rotatable bonds is 6. The molecule has 0 atom stereocenters. The zero-order valence-electron chi connectivity index (χ0n) is 11.3. The SMILES string of the molecule is CCC(CC)N(C)c1cc(Cl)ccc1CNC. The van der Waals surface area contributed by atoms with Crippen LogP contribution in [0.2, 0.25) is 5.02 Å². The van der Waals surface area contributed by atoms with E-state index in [9.17, 15) is 0 Å². The lowest BCUT2D eigenvalue weighted by molar-refractivity contribution is 0.589. The van der Waals surface area contributed by atoms with Crippen molar-refractivity contribution in [2.75, 3.05) is 19.0 Å². The summed E-state index contributed by atoms with van der Waals surface area (Å²) in [6, 6.07) is 6.70. The summed E-state index contributed by atoms with van der Waals surface area (Å²) >= 11 is 6.11. The van der Waals surface area contributed by atoms with Gasteiger partial charge in [-0.25, -0.2) is 0 Å². The molecule has 2 nitrogen and oxygen atoms in total. The third-order valence-electron chi connectivity index (χ3n) is 3.28. The van der Waals surface area contributed by atoms with Gasteiger partial charge in [-0.1, -0.05) is 31.5 Å². The first kappa shape index (κ1) is 14.3. The molecule has 0 heterocycles. The van der Waals surface area contributed by atoms with Crippen LogP contribution in [0.4, 0.5) is 5.69 Å². The number of benzene rings is 1.